The summed E-state index contributed by atoms with van der Waals surface area (Å²) in [6, 6.07) is 0. The number of aromatic amines is 2. The predicted octanol–water partition coefficient (Wildman–Crippen LogP) is 7.44. The van der Waals surface area contributed by atoms with E-state index in [1.807, 2.05) is 0 Å². The molecule has 8 rings (SSSR count). The molecule has 0 aromatic carbocycles. The van der Waals surface area contributed by atoms with E-state index in [0.717, 1.165) is 71.4 Å². The second-order valence-corrected chi connectivity index (χ2v) is 19.0. The number of nitrogen functional groups attached to an aromatic ring is 1. The number of H-pyrrole nitrogens is 2. The zero-order chi connectivity index (χ0) is 34.0. The number of aliphatic carboxylic acids is 1. The van der Waals surface area contributed by atoms with Gasteiger partial charge in [0.05, 0.1) is 19.1 Å². The minimum atomic E-state index is -0.593. The molecule has 1 aliphatic heterocycles. The summed E-state index contributed by atoms with van der Waals surface area (Å²) in [7, 11) is 0. The first kappa shape index (κ1) is 32.6. The number of hydrogen-bond acceptors (Lipinski definition) is 5. The van der Waals surface area contributed by atoms with Crippen molar-refractivity contribution in [2.75, 3.05) is 32.0 Å². The molecule has 5 aliphatic carbocycles. The number of nitrogens with one attached hydrogen (secondary N) is 2. The summed E-state index contributed by atoms with van der Waals surface area (Å²) in [5, 5.41) is 18.6. The number of nitrogens with zero attached hydrogens (tertiary/aromatic N) is 2. The number of anilines is 1. The van der Waals surface area contributed by atoms with Crippen LogP contribution >= 0.6 is 0 Å². The largest absolute Gasteiger partial charge is 0.481 e. The van der Waals surface area contributed by atoms with Gasteiger partial charge in [0.25, 0.3) is 0 Å². The highest BCUT2D eigenvalue weighted by Gasteiger charge is 2.68. The first-order valence-electron chi connectivity index (χ1n) is 18.9. The molecule has 2 aromatic rings. The summed E-state index contributed by atoms with van der Waals surface area (Å²) < 4.78 is 5.71. The maximum atomic E-state index is 12.9. The highest BCUT2D eigenvalue weighted by Crippen LogP contribution is 2.76. The van der Waals surface area contributed by atoms with Crippen LogP contribution in [0.5, 0.6) is 0 Å². The third-order valence-corrected chi connectivity index (χ3v) is 15.8. The highest BCUT2D eigenvalue weighted by atomic mass is 16.5. The van der Waals surface area contributed by atoms with Crippen molar-refractivity contribution in [2.45, 2.75) is 112 Å². The summed E-state index contributed by atoms with van der Waals surface area (Å²) in [4.78, 5) is 19.0. The van der Waals surface area contributed by atoms with Crippen molar-refractivity contribution in [3.63, 3.8) is 0 Å². The molecule has 0 amide bonds. The summed E-state index contributed by atoms with van der Waals surface area (Å²) in [5.41, 5.74) is 15.1. The van der Waals surface area contributed by atoms with Crippen LogP contribution in [0.15, 0.2) is 18.0 Å². The monoisotopic (exact) mass is 657 g/mol. The molecule has 4 fully saturated rings. The molecular weight excluding hydrogens is 598 g/mol. The van der Waals surface area contributed by atoms with Gasteiger partial charge in [-0.1, -0.05) is 54.0 Å². The number of aromatic nitrogens is 3. The predicted molar refractivity (Wildman–Crippen MR) is 189 cm³/mol. The summed E-state index contributed by atoms with van der Waals surface area (Å²) >= 11 is 0. The first-order valence-corrected chi connectivity index (χ1v) is 18.9. The fraction of sp³-hybridized carbons (Fsp3) is 0.750. The molecule has 0 spiro atoms. The normalized spacial score (nSPS) is 40.3. The maximum absolute atomic E-state index is 12.9. The van der Waals surface area contributed by atoms with E-state index < -0.39 is 5.97 Å². The van der Waals surface area contributed by atoms with Crippen molar-refractivity contribution in [3.8, 4) is 0 Å². The van der Waals surface area contributed by atoms with E-state index in [2.05, 4.69) is 80.9 Å². The number of ether oxygens (including phenoxy) is 1. The van der Waals surface area contributed by atoms with Crippen molar-refractivity contribution in [2.24, 2.45) is 51.2 Å². The molecule has 0 radical (unpaired) electrons. The fourth-order valence-electron chi connectivity index (χ4n) is 13.5. The number of carboxylic acids is 1. The first-order chi connectivity index (χ1) is 22.6. The lowest BCUT2D eigenvalue weighted by Gasteiger charge is -2.70. The van der Waals surface area contributed by atoms with Crippen LogP contribution in [0.2, 0.25) is 0 Å². The molecule has 6 aliphatic rings. The van der Waals surface area contributed by atoms with E-state index in [9.17, 15) is 9.90 Å². The van der Waals surface area contributed by atoms with Gasteiger partial charge in [-0.25, -0.2) is 0 Å². The molecule has 48 heavy (non-hydrogen) atoms. The van der Waals surface area contributed by atoms with E-state index in [0.29, 0.717) is 17.7 Å². The summed E-state index contributed by atoms with van der Waals surface area (Å²) in [6.45, 7) is 21.8. The number of rotatable bonds is 4. The van der Waals surface area contributed by atoms with Crippen LogP contribution in [0.25, 0.3) is 5.57 Å². The van der Waals surface area contributed by atoms with Crippen molar-refractivity contribution < 1.29 is 14.6 Å². The quantitative estimate of drug-likeness (QED) is 0.271. The van der Waals surface area contributed by atoms with Gasteiger partial charge in [0.2, 0.25) is 0 Å². The molecule has 2 aromatic heterocycles. The second-order valence-electron chi connectivity index (χ2n) is 19.0. The Bertz CT molecular complexity index is 1640. The zero-order valence-corrected chi connectivity index (χ0v) is 30.5. The maximum Gasteiger partial charge on any atom is 0.306 e. The van der Waals surface area contributed by atoms with Gasteiger partial charge >= 0.3 is 5.97 Å². The Morgan fingerprint density at radius 2 is 1.79 bits per heavy atom. The molecule has 262 valence electrons. The van der Waals surface area contributed by atoms with Crippen molar-refractivity contribution >= 4 is 17.4 Å². The molecule has 0 bridgehead atoms. The van der Waals surface area contributed by atoms with Gasteiger partial charge in [0.1, 0.15) is 5.82 Å². The number of morpholine rings is 1. The Morgan fingerprint density at radius 3 is 2.52 bits per heavy atom. The average Bonchev–Trinajstić information content (AvgIpc) is 3.63. The lowest BCUT2D eigenvalue weighted by molar-refractivity contribution is -0.161. The van der Waals surface area contributed by atoms with Crippen LogP contribution in [0.4, 0.5) is 5.82 Å². The standard InChI is InChI=1S/C40H59N5O3/c1-36(2)17-26-24(27(18-36)35(46)47)8-10-40(7)32(26)25(29-21-42-20-23(29)22-45-12-14-48-15-13-45)16-31-38(5)19-28-33(43-44-34(28)41)37(3,4)30(38)9-11-39(31,40)6/h20-21,24,26-27,30-31,42H,8-19,22H2,1-7H3,(H,46,47)(H3,41,43,44)/t24-,26-,27+,30-,31?,38-,39+,40+/m0/s1. The Hall–Kier alpha value is -2.58. The molecule has 3 saturated carbocycles. The van der Waals surface area contributed by atoms with Gasteiger partial charge in [-0.05, 0) is 113 Å². The van der Waals surface area contributed by atoms with Gasteiger partial charge in [-0.15, -0.1) is 0 Å². The number of fused-ring (bicyclic) bond motifs is 8. The van der Waals surface area contributed by atoms with Gasteiger partial charge < -0.3 is 20.6 Å². The number of hydrogen-bond donors (Lipinski definition) is 4. The highest BCUT2D eigenvalue weighted by molar-refractivity contribution is 5.76. The third-order valence-electron chi connectivity index (χ3n) is 15.8. The third kappa shape index (κ3) is 4.46. The summed E-state index contributed by atoms with van der Waals surface area (Å²) in [6.07, 6.45) is 12.8. The lowest BCUT2D eigenvalue weighted by Crippen LogP contribution is -2.64. The fourth-order valence-corrected chi connectivity index (χ4v) is 13.5. The minimum absolute atomic E-state index is 0.0145. The Labute approximate surface area is 287 Å². The van der Waals surface area contributed by atoms with Gasteiger partial charge in [-0.3, -0.25) is 14.8 Å². The number of carbonyl (C=O) groups is 1. The van der Waals surface area contributed by atoms with E-state index >= 15 is 0 Å². The van der Waals surface area contributed by atoms with Crippen molar-refractivity contribution in [3.05, 3.63) is 40.4 Å². The Morgan fingerprint density at radius 1 is 1.04 bits per heavy atom. The summed E-state index contributed by atoms with van der Waals surface area (Å²) in [5.74, 6) is 1.26. The molecule has 1 unspecified atom stereocenters. The zero-order valence-electron chi connectivity index (χ0n) is 30.5. The van der Waals surface area contributed by atoms with Crippen LogP contribution in [0.1, 0.15) is 116 Å². The topological polar surface area (TPSA) is 120 Å². The molecule has 8 heteroatoms. The van der Waals surface area contributed by atoms with Gasteiger partial charge in [-0.2, -0.15) is 5.10 Å². The van der Waals surface area contributed by atoms with Crippen molar-refractivity contribution in [1.29, 1.82) is 0 Å². The minimum Gasteiger partial charge on any atom is -0.481 e. The molecule has 8 atom stereocenters. The number of carboxylic acid groups (broad SMARTS) is 1. The van der Waals surface area contributed by atoms with Crippen LogP contribution < -0.4 is 5.73 Å². The second kappa shape index (κ2) is 10.7. The average molecular weight is 658 g/mol. The van der Waals surface area contributed by atoms with Crippen LogP contribution in [0, 0.1) is 51.2 Å². The van der Waals surface area contributed by atoms with E-state index in [1.54, 1.807) is 5.57 Å². The van der Waals surface area contributed by atoms with Crippen LogP contribution in [-0.4, -0.2) is 57.5 Å². The Kier molecular flexibility index (Phi) is 7.28. The number of nitrogens with two attached hydrogens (primary N) is 1. The molecular formula is C40H59N5O3. The molecule has 3 heterocycles. The molecule has 8 nitrogen and oxygen atoms in total. The Balaban J connectivity index is 1.32. The van der Waals surface area contributed by atoms with Crippen molar-refractivity contribution in [1.82, 2.24) is 20.1 Å². The SMILES string of the molecule is CC1(C)C[C@@H]2C3=C(c4c[nH]cc4CN4CCOCC4)CC4[C@@]5(C)Cc6c(N)n[nH]c6C(C)(C)[C@@H]5CC[C@@]4(C)[C@]3(C)CC[C@@H]2[C@H](C(=O)O)C1. The van der Waals surface area contributed by atoms with Crippen LogP contribution in [-0.2, 0) is 27.9 Å². The molecule has 5 N–H and O–H groups in total. The number of allylic oxidation sites excluding steroid dienone is 2. The smallest absolute Gasteiger partial charge is 0.306 e. The van der Waals surface area contributed by atoms with Gasteiger partial charge in [0, 0.05) is 48.7 Å². The van der Waals surface area contributed by atoms with E-state index in [1.165, 1.54) is 40.8 Å². The van der Waals surface area contributed by atoms with E-state index in [-0.39, 0.29) is 44.8 Å². The van der Waals surface area contributed by atoms with Crippen LogP contribution in [0.3, 0.4) is 0 Å². The lowest BCUT2D eigenvalue weighted by atomic mass is 9.33. The van der Waals surface area contributed by atoms with E-state index in [4.69, 9.17) is 10.5 Å². The van der Waals surface area contributed by atoms with Gasteiger partial charge in [0.15, 0.2) is 0 Å². The molecule has 1 saturated heterocycles.